The summed E-state index contributed by atoms with van der Waals surface area (Å²) in [5.41, 5.74) is 1.03. The first-order chi connectivity index (χ1) is 20.6. The molecule has 2 aliphatic heterocycles. The first-order valence-electron chi connectivity index (χ1n) is 14.8. The highest BCUT2D eigenvalue weighted by Gasteiger charge is 2.42. The Kier molecular flexibility index (Phi) is 10.2. The molecule has 0 bridgehead atoms. The van der Waals surface area contributed by atoms with E-state index in [1.807, 2.05) is 51.3 Å². The van der Waals surface area contributed by atoms with Crippen molar-refractivity contribution in [3.63, 3.8) is 0 Å². The molecule has 2 fully saturated rings. The summed E-state index contributed by atoms with van der Waals surface area (Å²) in [6, 6.07) is 8.18. The van der Waals surface area contributed by atoms with Crippen LogP contribution in [-0.2, 0) is 18.8 Å². The number of anilines is 3. The van der Waals surface area contributed by atoms with Gasteiger partial charge >= 0.3 is 14.5 Å². The number of aromatic nitrogens is 2. The van der Waals surface area contributed by atoms with Crippen molar-refractivity contribution in [3.05, 3.63) is 36.2 Å². The Hall–Kier alpha value is -2.41. The standard InChI is InChI=1S/C29H44N7O5PS/c1-18(2)39-28(37)29(5,6)33-42(41-22-12-8-19(3)9-13-22)38-15-23-14-20(4)27(40-23)35-17-32-24-25(35)30-16-31-26(24)36(34-43-7)21-10-11-21/h8-9,12-13,16,18,20-21,23,27,32-34H,10-11,14-15,17H2,1-7H3. The highest BCUT2D eigenvalue weighted by molar-refractivity contribution is 7.96. The number of carbonyl (C=O) groups is 1. The van der Waals surface area contributed by atoms with Crippen molar-refractivity contribution in [1.29, 1.82) is 0 Å². The molecule has 236 valence electrons. The van der Waals surface area contributed by atoms with E-state index in [4.69, 9.17) is 18.5 Å². The summed E-state index contributed by atoms with van der Waals surface area (Å²) < 4.78 is 24.6. The second-order valence-electron chi connectivity index (χ2n) is 12.1. The molecule has 2 aromatic rings. The first-order valence-corrected chi connectivity index (χ1v) is 17.2. The van der Waals surface area contributed by atoms with Gasteiger partial charge in [0.05, 0.1) is 25.5 Å². The van der Waals surface area contributed by atoms with Crippen LogP contribution < -0.4 is 29.7 Å². The summed E-state index contributed by atoms with van der Waals surface area (Å²) in [4.78, 5) is 27.6. The summed E-state index contributed by atoms with van der Waals surface area (Å²) in [5.74, 6) is 2.22. The van der Waals surface area contributed by atoms with Gasteiger partial charge in [-0.2, -0.15) is 4.83 Å². The number of ether oxygens (including phenoxy) is 2. The average Bonchev–Trinajstić information content (AvgIpc) is 3.60. The molecule has 3 heterocycles. The number of nitrogens with one attached hydrogen (secondary N) is 3. The molecule has 1 aromatic heterocycles. The van der Waals surface area contributed by atoms with Crippen LogP contribution in [0.25, 0.3) is 0 Å². The molecule has 4 unspecified atom stereocenters. The minimum Gasteiger partial charge on any atom is -0.462 e. The van der Waals surface area contributed by atoms with Crippen molar-refractivity contribution in [1.82, 2.24) is 19.9 Å². The van der Waals surface area contributed by atoms with Crippen molar-refractivity contribution in [3.8, 4) is 5.75 Å². The fraction of sp³-hybridized carbons (Fsp3) is 0.621. The van der Waals surface area contributed by atoms with Crippen LogP contribution in [0.3, 0.4) is 0 Å². The summed E-state index contributed by atoms with van der Waals surface area (Å²) in [7, 11) is -1.70. The van der Waals surface area contributed by atoms with Crippen molar-refractivity contribution in [2.24, 2.45) is 5.92 Å². The lowest BCUT2D eigenvalue weighted by Gasteiger charge is -2.30. The molecule has 1 saturated heterocycles. The van der Waals surface area contributed by atoms with E-state index >= 15 is 0 Å². The van der Waals surface area contributed by atoms with Crippen molar-refractivity contribution < 1.29 is 23.3 Å². The third kappa shape index (κ3) is 7.82. The Morgan fingerprint density at radius 3 is 2.70 bits per heavy atom. The van der Waals surface area contributed by atoms with Crippen LogP contribution in [0.2, 0.25) is 0 Å². The highest BCUT2D eigenvalue weighted by atomic mass is 32.2. The molecule has 1 saturated carbocycles. The smallest absolute Gasteiger partial charge is 0.326 e. The Morgan fingerprint density at radius 1 is 1.28 bits per heavy atom. The van der Waals surface area contributed by atoms with Crippen LogP contribution >= 0.6 is 20.5 Å². The lowest BCUT2D eigenvalue weighted by Crippen LogP contribution is -2.46. The number of nitrogens with zero attached hydrogens (tertiary/aromatic N) is 4. The van der Waals surface area contributed by atoms with E-state index in [1.165, 1.54) is 0 Å². The fourth-order valence-corrected chi connectivity index (χ4v) is 6.82. The molecular formula is C29H44N7O5PS. The zero-order chi connectivity index (χ0) is 30.7. The maximum Gasteiger partial charge on any atom is 0.326 e. The zero-order valence-electron chi connectivity index (χ0n) is 26.0. The van der Waals surface area contributed by atoms with Crippen molar-refractivity contribution in [2.75, 3.05) is 34.8 Å². The predicted octanol–water partition coefficient (Wildman–Crippen LogP) is 5.12. The van der Waals surface area contributed by atoms with Crippen LogP contribution in [0.4, 0.5) is 17.3 Å². The van der Waals surface area contributed by atoms with E-state index in [2.05, 4.69) is 42.0 Å². The number of fused-ring (bicyclic) bond motifs is 1. The second-order valence-corrected chi connectivity index (χ2v) is 13.9. The molecule has 5 rings (SSSR count). The number of hydrogen-bond acceptors (Lipinski definition) is 13. The predicted molar refractivity (Wildman–Crippen MR) is 171 cm³/mol. The molecule has 14 heteroatoms. The molecule has 0 spiro atoms. The van der Waals surface area contributed by atoms with E-state index < -0.39 is 14.1 Å². The fourth-order valence-electron chi connectivity index (χ4n) is 5.07. The lowest BCUT2D eigenvalue weighted by molar-refractivity contribution is -0.153. The average molecular weight is 634 g/mol. The van der Waals surface area contributed by atoms with Gasteiger partial charge in [-0.3, -0.25) is 9.80 Å². The molecular weight excluding hydrogens is 589 g/mol. The topological polar surface area (TPSA) is 122 Å². The Morgan fingerprint density at radius 2 is 2.02 bits per heavy atom. The van der Waals surface area contributed by atoms with Crippen molar-refractivity contribution in [2.45, 2.75) is 90.8 Å². The largest absolute Gasteiger partial charge is 0.462 e. The molecule has 1 aromatic carbocycles. The number of hydrazine groups is 1. The van der Waals surface area contributed by atoms with E-state index in [0.29, 0.717) is 25.1 Å². The minimum absolute atomic E-state index is 0.161. The van der Waals surface area contributed by atoms with Crippen LogP contribution in [0.15, 0.2) is 30.6 Å². The maximum atomic E-state index is 12.8. The van der Waals surface area contributed by atoms with Crippen LogP contribution in [-0.4, -0.2) is 65.5 Å². The van der Waals surface area contributed by atoms with Gasteiger partial charge in [-0.25, -0.2) is 15.1 Å². The highest BCUT2D eigenvalue weighted by Crippen LogP contribution is 2.44. The summed E-state index contributed by atoms with van der Waals surface area (Å²) in [5, 5.41) is 8.91. The van der Waals surface area contributed by atoms with Crippen LogP contribution in [0.1, 0.15) is 59.4 Å². The molecule has 3 N–H and O–H groups in total. The van der Waals surface area contributed by atoms with Gasteiger partial charge in [0.25, 0.3) is 0 Å². The quantitative estimate of drug-likeness (QED) is 0.111. The van der Waals surface area contributed by atoms with E-state index in [9.17, 15) is 4.79 Å². The van der Waals surface area contributed by atoms with Gasteiger partial charge in [0.2, 0.25) is 0 Å². The number of esters is 1. The Labute approximate surface area is 260 Å². The van der Waals surface area contributed by atoms with E-state index in [-0.39, 0.29) is 30.3 Å². The number of hydrogen-bond donors (Lipinski definition) is 3. The van der Waals surface area contributed by atoms with Crippen LogP contribution in [0, 0.1) is 12.8 Å². The number of benzene rings is 1. The van der Waals surface area contributed by atoms with Gasteiger partial charge < -0.3 is 28.7 Å². The second kappa shape index (κ2) is 13.7. The number of rotatable bonds is 14. The zero-order valence-corrected chi connectivity index (χ0v) is 27.7. The lowest BCUT2D eigenvalue weighted by atomic mass is 10.1. The summed E-state index contributed by atoms with van der Waals surface area (Å²) in [6.07, 6.45) is 6.16. The van der Waals surface area contributed by atoms with Gasteiger partial charge in [-0.15, -0.1) is 0 Å². The SMILES string of the molecule is CSNN(c1ncnc2c1NCN2C1OC(COP(NC(C)(C)C(=O)OC(C)C)Oc2ccc(C)cc2)CC1C)C1CC1. The molecule has 1 aliphatic carbocycles. The molecule has 12 nitrogen and oxygen atoms in total. The normalized spacial score (nSPS) is 22.3. The molecule has 0 radical (unpaired) electrons. The summed E-state index contributed by atoms with van der Waals surface area (Å²) >= 11 is 1.56. The Bertz CT molecular complexity index is 1250. The van der Waals surface area contributed by atoms with Gasteiger partial charge in [-0.1, -0.05) is 36.6 Å². The van der Waals surface area contributed by atoms with E-state index in [1.54, 1.807) is 32.1 Å². The third-order valence-corrected chi connectivity index (χ3v) is 9.29. The Balaban J connectivity index is 1.25. The van der Waals surface area contributed by atoms with Gasteiger partial charge in [0.15, 0.2) is 11.6 Å². The monoisotopic (exact) mass is 633 g/mol. The number of carbonyl (C=O) groups excluding carboxylic acids is 1. The molecule has 0 amide bonds. The maximum absolute atomic E-state index is 12.8. The first kappa shape index (κ1) is 32.0. The van der Waals surface area contributed by atoms with Crippen LogP contribution in [0.5, 0.6) is 5.75 Å². The third-order valence-electron chi connectivity index (χ3n) is 7.41. The summed E-state index contributed by atoms with van der Waals surface area (Å²) in [6.45, 7) is 12.3. The minimum atomic E-state index is -1.70. The number of aryl methyl sites for hydroxylation is 1. The van der Waals surface area contributed by atoms with E-state index in [0.717, 1.165) is 42.1 Å². The molecule has 3 aliphatic rings. The molecule has 43 heavy (non-hydrogen) atoms. The van der Waals surface area contributed by atoms with Gasteiger partial charge in [-0.05, 0) is 72.3 Å². The van der Waals surface area contributed by atoms with Crippen molar-refractivity contribution >= 4 is 43.8 Å². The molecule has 4 atom stereocenters. The van der Waals surface area contributed by atoms with Gasteiger partial charge in [0.1, 0.15) is 29.5 Å². The van der Waals surface area contributed by atoms with Gasteiger partial charge in [0, 0.05) is 12.0 Å².